The maximum Gasteiger partial charge on any atom is 0.307 e. The second kappa shape index (κ2) is 8.14. The van der Waals surface area contributed by atoms with Crippen LogP contribution in [-0.2, 0) is 9.53 Å². The van der Waals surface area contributed by atoms with E-state index in [1.165, 1.54) is 5.56 Å². The lowest BCUT2D eigenvalue weighted by atomic mass is 9.97. The van der Waals surface area contributed by atoms with Gasteiger partial charge in [-0.25, -0.2) is 0 Å². The van der Waals surface area contributed by atoms with Crippen LogP contribution in [0.5, 0.6) is 0 Å². The van der Waals surface area contributed by atoms with E-state index in [4.69, 9.17) is 4.74 Å². The summed E-state index contributed by atoms with van der Waals surface area (Å²) in [6, 6.07) is 7.78. The van der Waals surface area contributed by atoms with Crippen LogP contribution in [0.1, 0.15) is 68.3 Å². The molecule has 0 bridgehead atoms. The Bertz CT molecular complexity index is 536. The first-order valence-electron chi connectivity index (χ1n) is 8.59. The standard InChI is InChI=1S/C19H27NO3/c1-4-23-18(21)13-17-7-5-6-12-20(17)19(22)16-10-8-15(9-11-16)14(2)3/h8-11,14,17H,4-7,12-13H2,1-3H3. The van der Waals surface area contributed by atoms with Crippen molar-refractivity contribution in [1.82, 2.24) is 4.90 Å². The molecule has 1 aliphatic heterocycles. The van der Waals surface area contributed by atoms with E-state index in [9.17, 15) is 9.59 Å². The van der Waals surface area contributed by atoms with Crippen molar-refractivity contribution in [1.29, 1.82) is 0 Å². The summed E-state index contributed by atoms with van der Waals surface area (Å²) in [5, 5.41) is 0. The first-order chi connectivity index (χ1) is 11.0. The van der Waals surface area contributed by atoms with Gasteiger partial charge in [0.15, 0.2) is 0 Å². The van der Waals surface area contributed by atoms with E-state index in [0.717, 1.165) is 25.8 Å². The van der Waals surface area contributed by atoms with Crippen molar-refractivity contribution in [2.45, 2.75) is 58.4 Å². The minimum Gasteiger partial charge on any atom is -0.466 e. The molecule has 0 N–H and O–H groups in total. The summed E-state index contributed by atoms with van der Waals surface area (Å²) in [4.78, 5) is 26.4. The highest BCUT2D eigenvalue weighted by molar-refractivity contribution is 5.94. The molecule has 0 aliphatic carbocycles. The number of piperidine rings is 1. The molecule has 1 aromatic carbocycles. The fourth-order valence-electron chi connectivity index (χ4n) is 3.07. The van der Waals surface area contributed by atoms with E-state index in [2.05, 4.69) is 13.8 Å². The lowest BCUT2D eigenvalue weighted by Gasteiger charge is -2.35. The SMILES string of the molecule is CCOC(=O)CC1CCCCN1C(=O)c1ccc(C(C)C)cc1. The molecule has 0 radical (unpaired) electrons. The van der Waals surface area contributed by atoms with Gasteiger partial charge in [0.05, 0.1) is 13.0 Å². The maximum atomic E-state index is 12.8. The van der Waals surface area contributed by atoms with E-state index >= 15 is 0 Å². The van der Waals surface area contributed by atoms with Gasteiger partial charge >= 0.3 is 5.97 Å². The molecule has 0 aromatic heterocycles. The number of esters is 1. The summed E-state index contributed by atoms with van der Waals surface area (Å²) >= 11 is 0. The molecule has 126 valence electrons. The van der Waals surface area contributed by atoms with Crippen LogP contribution in [0, 0.1) is 0 Å². The Morgan fingerprint density at radius 3 is 2.52 bits per heavy atom. The number of carbonyl (C=O) groups excluding carboxylic acids is 2. The Kier molecular flexibility index (Phi) is 6.20. The molecule has 0 saturated carbocycles. The first-order valence-corrected chi connectivity index (χ1v) is 8.59. The molecule has 2 rings (SSSR count). The average molecular weight is 317 g/mol. The predicted molar refractivity (Wildman–Crippen MR) is 90.5 cm³/mol. The van der Waals surface area contributed by atoms with E-state index in [0.29, 0.717) is 24.5 Å². The Hall–Kier alpha value is -1.84. The largest absolute Gasteiger partial charge is 0.466 e. The van der Waals surface area contributed by atoms with Crippen molar-refractivity contribution in [3.63, 3.8) is 0 Å². The maximum absolute atomic E-state index is 12.8. The van der Waals surface area contributed by atoms with Crippen LogP contribution in [0.15, 0.2) is 24.3 Å². The molecule has 1 amide bonds. The molecule has 0 spiro atoms. The van der Waals surface area contributed by atoms with Crippen LogP contribution in [0.25, 0.3) is 0 Å². The van der Waals surface area contributed by atoms with Crippen LogP contribution >= 0.6 is 0 Å². The zero-order valence-electron chi connectivity index (χ0n) is 14.4. The van der Waals surface area contributed by atoms with Crippen LogP contribution in [-0.4, -0.2) is 36.0 Å². The van der Waals surface area contributed by atoms with Gasteiger partial charge in [-0.2, -0.15) is 0 Å². The molecule has 4 nitrogen and oxygen atoms in total. The summed E-state index contributed by atoms with van der Waals surface area (Å²) in [5.41, 5.74) is 1.92. The van der Waals surface area contributed by atoms with Crippen LogP contribution in [0.4, 0.5) is 0 Å². The molecule has 23 heavy (non-hydrogen) atoms. The summed E-state index contributed by atoms with van der Waals surface area (Å²) in [6.45, 7) is 7.18. The topological polar surface area (TPSA) is 46.6 Å². The number of ether oxygens (including phenoxy) is 1. The van der Waals surface area contributed by atoms with E-state index in [1.807, 2.05) is 29.2 Å². The number of hydrogen-bond acceptors (Lipinski definition) is 3. The van der Waals surface area contributed by atoms with Crippen LogP contribution in [0.3, 0.4) is 0 Å². The summed E-state index contributed by atoms with van der Waals surface area (Å²) in [7, 11) is 0. The molecule has 1 unspecified atom stereocenters. The third-order valence-electron chi connectivity index (χ3n) is 4.42. The van der Waals surface area contributed by atoms with Gasteiger partial charge in [-0.15, -0.1) is 0 Å². The summed E-state index contributed by atoms with van der Waals surface area (Å²) in [6.07, 6.45) is 3.22. The van der Waals surface area contributed by atoms with Gasteiger partial charge in [0.1, 0.15) is 0 Å². The number of benzene rings is 1. The fraction of sp³-hybridized carbons (Fsp3) is 0.579. The third kappa shape index (κ3) is 4.57. The minimum absolute atomic E-state index is 0.0225. The van der Waals surface area contributed by atoms with E-state index < -0.39 is 0 Å². The van der Waals surface area contributed by atoms with Crippen molar-refractivity contribution in [2.75, 3.05) is 13.2 Å². The lowest BCUT2D eigenvalue weighted by molar-refractivity contribution is -0.144. The molecule has 1 fully saturated rings. The van der Waals surface area contributed by atoms with E-state index in [-0.39, 0.29) is 17.9 Å². The summed E-state index contributed by atoms with van der Waals surface area (Å²) < 4.78 is 5.04. The highest BCUT2D eigenvalue weighted by Crippen LogP contribution is 2.23. The molecular formula is C19H27NO3. The molecule has 1 aromatic rings. The van der Waals surface area contributed by atoms with Gasteiger partial charge in [0, 0.05) is 18.2 Å². The average Bonchev–Trinajstić information content (AvgIpc) is 2.55. The zero-order chi connectivity index (χ0) is 16.8. The van der Waals surface area contributed by atoms with Crippen molar-refractivity contribution < 1.29 is 14.3 Å². The smallest absolute Gasteiger partial charge is 0.307 e. The quantitative estimate of drug-likeness (QED) is 0.777. The van der Waals surface area contributed by atoms with Gasteiger partial charge in [-0.3, -0.25) is 9.59 Å². The first kappa shape index (κ1) is 17.5. The monoisotopic (exact) mass is 317 g/mol. The molecule has 4 heteroatoms. The highest BCUT2D eigenvalue weighted by atomic mass is 16.5. The predicted octanol–water partition coefficient (Wildman–Crippen LogP) is 3.76. The Morgan fingerprint density at radius 1 is 1.22 bits per heavy atom. The molecular weight excluding hydrogens is 290 g/mol. The van der Waals surface area contributed by atoms with Crippen molar-refractivity contribution in [3.05, 3.63) is 35.4 Å². The zero-order valence-corrected chi connectivity index (χ0v) is 14.4. The van der Waals surface area contributed by atoms with Gasteiger partial charge in [-0.05, 0) is 49.8 Å². The lowest BCUT2D eigenvalue weighted by Crippen LogP contribution is -2.45. The van der Waals surface area contributed by atoms with Crippen LogP contribution < -0.4 is 0 Å². The summed E-state index contributed by atoms with van der Waals surface area (Å²) in [5.74, 6) is 0.257. The Balaban J connectivity index is 2.09. The van der Waals surface area contributed by atoms with Crippen molar-refractivity contribution >= 4 is 11.9 Å². The van der Waals surface area contributed by atoms with Gasteiger partial charge in [0.25, 0.3) is 5.91 Å². The van der Waals surface area contributed by atoms with Gasteiger partial charge < -0.3 is 9.64 Å². The number of amides is 1. The number of likely N-dealkylation sites (tertiary alicyclic amines) is 1. The normalized spacial score (nSPS) is 18.1. The van der Waals surface area contributed by atoms with Crippen molar-refractivity contribution in [3.8, 4) is 0 Å². The third-order valence-corrected chi connectivity index (χ3v) is 4.42. The van der Waals surface area contributed by atoms with Gasteiger partial charge in [0.2, 0.25) is 0 Å². The number of carbonyl (C=O) groups is 2. The van der Waals surface area contributed by atoms with Crippen molar-refractivity contribution in [2.24, 2.45) is 0 Å². The molecule has 1 atom stereocenters. The minimum atomic E-state index is -0.215. The molecule has 1 heterocycles. The second-order valence-corrected chi connectivity index (χ2v) is 6.43. The second-order valence-electron chi connectivity index (χ2n) is 6.43. The molecule has 1 aliphatic rings. The Labute approximate surface area is 138 Å². The highest BCUT2D eigenvalue weighted by Gasteiger charge is 2.29. The number of hydrogen-bond donors (Lipinski definition) is 0. The number of nitrogens with zero attached hydrogens (tertiary/aromatic N) is 1. The van der Waals surface area contributed by atoms with E-state index in [1.54, 1.807) is 6.92 Å². The number of rotatable bonds is 5. The Morgan fingerprint density at radius 2 is 1.91 bits per heavy atom. The van der Waals surface area contributed by atoms with Crippen LogP contribution in [0.2, 0.25) is 0 Å². The van der Waals surface area contributed by atoms with Gasteiger partial charge in [-0.1, -0.05) is 26.0 Å². The molecule has 1 saturated heterocycles. The fourth-order valence-corrected chi connectivity index (χ4v) is 3.07.